The van der Waals surface area contributed by atoms with Crippen molar-refractivity contribution in [1.82, 2.24) is 0 Å². The zero-order valence-corrected chi connectivity index (χ0v) is 10.2. The van der Waals surface area contributed by atoms with Gasteiger partial charge in [0.2, 0.25) is 0 Å². The number of hydrogen-bond acceptors (Lipinski definition) is 6. The van der Waals surface area contributed by atoms with Gasteiger partial charge >= 0.3 is 17.9 Å². The SMILES string of the molecule is COC(=O)c1cccc(C(=O)OC)c1C(=O)OC. The third-order valence-electron chi connectivity index (χ3n) is 2.26. The van der Waals surface area contributed by atoms with E-state index in [4.69, 9.17) is 0 Å². The zero-order valence-electron chi connectivity index (χ0n) is 10.2. The fourth-order valence-corrected chi connectivity index (χ4v) is 1.43. The summed E-state index contributed by atoms with van der Waals surface area (Å²) >= 11 is 0. The van der Waals surface area contributed by atoms with Gasteiger partial charge in [-0.15, -0.1) is 0 Å². The number of methoxy groups -OCH3 is 3. The van der Waals surface area contributed by atoms with Crippen molar-refractivity contribution < 1.29 is 28.6 Å². The molecule has 1 aromatic carbocycles. The van der Waals surface area contributed by atoms with Crippen LogP contribution in [0.3, 0.4) is 0 Å². The van der Waals surface area contributed by atoms with E-state index in [1.165, 1.54) is 32.4 Å². The van der Waals surface area contributed by atoms with Crippen molar-refractivity contribution in [2.24, 2.45) is 0 Å². The van der Waals surface area contributed by atoms with Crippen molar-refractivity contribution in [2.45, 2.75) is 0 Å². The number of carbonyl (C=O) groups excluding carboxylic acids is 3. The largest absolute Gasteiger partial charge is 0.465 e. The Morgan fingerprint density at radius 1 is 0.778 bits per heavy atom. The maximum atomic E-state index is 11.7. The minimum absolute atomic E-state index is 0.0488. The summed E-state index contributed by atoms with van der Waals surface area (Å²) in [6.45, 7) is 0. The summed E-state index contributed by atoms with van der Waals surface area (Å²) in [7, 11) is 3.50. The summed E-state index contributed by atoms with van der Waals surface area (Å²) in [5.41, 5.74) is -0.266. The van der Waals surface area contributed by atoms with Gasteiger partial charge in [-0.1, -0.05) is 6.07 Å². The molecule has 0 fully saturated rings. The molecule has 0 unspecified atom stereocenters. The number of hydrogen-bond donors (Lipinski definition) is 0. The van der Waals surface area contributed by atoms with Crippen LogP contribution < -0.4 is 0 Å². The lowest BCUT2D eigenvalue weighted by atomic mass is 10.0. The average molecular weight is 252 g/mol. The Kier molecular flexibility index (Phi) is 4.42. The van der Waals surface area contributed by atoms with Gasteiger partial charge in [0.1, 0.15) is 0 Å². The Morgan fingerprint density at radius 2 is 1.17 bits per heavy atom. The van der Waals surface area contributed by atoms with E-state index >= 15 is 0 Å². The summed E-state index contributed by atoms with van der Waals surface area (Å²) in [6, 6.07) is 4.18. The predicted octanol–water partition coefficient (Wildman–Crippen LogP) is 1.05. The number of rotatable bonds is 3. The summed E-state index contributed by atoms with van der Waals surface area (Å²) in [6.07, 6.45) is 0. The maximum Gasteiger partial charge on any atom is 0.339 e. The molecular weight excluding hydrogens is 240 g/mol. The molecule has 0 radical (unpaired) electrons. The molecule has 0 spiro atoms. The highest BCUT2D eigenvalue weighted by Crippen LogP contribution is 2.18. The number of carbonyl (C=O) groups is 3. The molecule has 6 nitrogen and oxygen atoms in total. The molecule has 1 rings (SSSR count). The van der Waals surface area contributed by atoms with Crippen LogP contribution in [0, 0.1) is 0 Å². The summed E-state index contributed by atoms with van der Waals surface area (Å²) < 4.78 is 13.6. The predicted molar refractivity (Wildman–Crippen MR) is 60.5 cm³/mol. The standard InChI is InChI=1S/C12H12O6/c1-16-10(13)7-5-4-6-8(11(14)17-2)9(7)12(15)18-3/h4-6H,1-3H3. The highest BCUT2D eigenvalue weighted by atomic mass is 16.5. The van der Waals surface area contributed by atoms with Crippen LogP contribution in [0.15, 0.2) is 18.2 Å². The first-order valence-corrected chi connectivity index (χ1v) is 4.94. The molecule has 0 amide bonds. The van der Waals surface area contributed by atoms with Crippen molar-refractivity contribution in [3.63, 3.8) is 0 Å². The molecular formula is C12H12O6. The second-order valence-corrected chi connectivity index (χ2v) is 3.20. The monoisotopic (exact) mass is 252 g/mol. The normalized spacial score (nSPS) is 9.50. The van der Waals surface area contributed by atoms with Crippen molar-refractivity contribution >= 4 is 17.9 Å². The maximum absolute atomic E-state index is 11.7. The van der Waals surface area contributed by atoms with Crippen molar-refractivity contribution in [3.8, 4) is 0 Å². The topological polar surface area (TPSA) is 78.9 Å². The molecule has 0 aromatic heterocycles. The molecule has 0 heterocycles. The minimum atomic E-state index is -0.809. The first-order chi connectivity index (χ1) is 8.56. The Labute approximate surface area is 103 Å². The Bertz CT molecular complexity index is 457. The Balaban J connectivity index is 3.49. The Morgan fingerprint density at radius 3 is 1.50 bits per heavy atom. The van der Waals surface area contributed by atoms with Crippen LogP contribution in [0.4, 0.5) is 0 Å². The van der Waals surface area contributed by atoms with Crippen LogP contribution in [0.1, 0.15) is 31.1 Å². The molecule has 0 saturated carbocycles. The summed E-state index contributed by atoms with van der Waals surface area (Å²) in [5.74, 6) is -2.28. The lowest BCUT2D eigenvalue weighted by Gasteiger charge is -2.10. The molecule has 0 N–H and O–H groups in total. The van der Waals surface area contributed by atoms with Gasteiger partial charge in [-0.2, -0.15) is 0 Å². The van der Waals surface area contributed by atoms with Gasteiger partial charge in [0.25, 0.3) is 0 Å². The average Bonchev–Trinajstić information content (AvgIpc) is 2.43. The van der Waals surface area contributed by atoms with Crippen LogP contribution >= 0.6 is 0 Å². The molecule has 0 aliphatic carbocycles. The second kappa shape index (κ2) is 5.81. The zero-order chi connectivity index (χ0) is 13.7. The molecule has 0 saturated heterocycles. The van der Waals surface area contributed by atoms with Gasteiger partial charge in [0.05, 0.1) is 38.0 Å². The van der Waals surface area contributed by atoms with Crippen molar-refractivity contribution in [2.75, 3.05) is 21.3 Å². The van der Waals surface area contributed by atoms with Crippen LogP contribution in [0.5, 0.6) is 0 Å². The first-order valence-electron chi connectivity index (χ1n) is 4.94. The number of benzene rings is 1. The molecule has 96 valence electrons. The molecule has 6 heteroatoms. The molecule has 0 bridgehead atoms. The first kappa shape index (κ1) is 13.7. The third kappa shape index (κ3) is 2.48. The molecule has 18 heavy (non-hydrogen) atoms. The summed E-state index contributed by atoms with van der Waals surface area (Å²) in [5, 5.41) is 0. The summed E-state index contributed by atoms with van der Waals surface area (Å²) in [4.78, 5) is 34.7. The van der Waals surface area contributed by atoms with Crippen LogP contribution in [0.25, 0.3) is 0 Å². The van der Waals surface area contributed by atoms with E-state index < -0.39 is 17.9 Å². The van der Waals surface area contributed by atoms with E-state index in [1.54, 1.807) is 0 Å². The van der Waals surface area contributed by atoms with Crippen molar-refractivity contribution in [1.29, 1.82) is 0 Å². The van der Waals surface area contributed by atoms with E-state index in [2.05, 4.69) is 14.2 Å². The minimum Gasteiger partial charge on any atom is -0.465 e. The fraction of sp³-hybridized carbons (Fsp3) is 0.250. The van der Waals surface area contributed by atoms with Crippen LogP contribution in [-0.4, -0.2) is 39.2 Å². The lowest BCUT2D eigenvalue weighted by Crippen LogP contribution is -2.17. The molecule has 1 aromatic rings. The molecule has 0 atom stereocenters. The highest BCUT2D eigenvalue weighted by molar-refractivity contribution is 6.10. The van der Waals surface area contributed by atoms with Gasteiger partial charge in [0, 0.05) is 0 Å². The van der Waals surface area contributed by atoms with Gasteiger partial charge in [0.15, 0.2) is 0 Å². The van der Waals surface area contributed by atoms with Gasteiger partial charge < -0.3 is 14.2 Å². The van der Waals surface area contributed by atoms with E-state index in [0.717, 1.165) is 7.11 Å². The van der Waals surface area contributed by atoms with Crippen LogP contribution in [0.2, 0.25) is 0 Å². The lowest BCUT2D eigenvalue weighted by molar-refractivity contribution is 0.0535. The van der Waals surface area contributed by atoms with Gasteiger partial charge in [-0.3, -0.25) is 0 Å². The van der Waals surface area contributed by atoms with Crippen LogP contribution in [-0.2, 0) is 14.2 Å². The molecule has 0 aliphatic rings. The van der Waals surface area contributed by atoms with E-state index in [9.17, 15) is 14.4 Å². The van der Waals surface area contributed by atoms with Crippen molar-refractivity contribution in [3.05, 3.63) is 34.9 Å². The number of esters is 3. The molecule has 0 aliphatic heterocycles. The van der Waals surface area contributed by atoms with Gasteiger partial charge in [-0.25, -0.2) is 14.4 Å². The smallest absolute Gasteiger partial charge is 0.339 e. The van der Waals surface area contributed by atoms with E-state index in [-0.39, 0.29) is 16.7 Å². The third-order valence-corrected chi connectivity index (χ3v) is 2.26. The highest BCUT2D eigenvalue weighted by Gasteiger charge is 2.25. The fourth-order valence-electron chi connectivity index (χ4n) is 1.43. The quantitative estimate of drug-likeness (QED) is 0.591. The second-order valence-electron chi connectivity index (χ2n) is 3.20. The van der Waals surface area contributed by atoms with Gasteiger partial charge in [-0.05, 0) is 12.1 Å². The Hall–Kier alpha value is -2.37. The number of ether oxygens (including phenoxy) is 3. The van der Waals surface area contributed by atoms with E-state index in [1.807, 2.05) is 0 Å². The van der Waals surface area contributed by atoms with E-state index in [0.29, 0.717) is 0 Å².